The number of hydrogen-bond donors (Lipinski definition) is 1. The van der Waals surface area contributed by atoms with Crippen LogP contribution in [0.15, 0.2) is 88.1 Å². The van der Waals surface area contributed by atoms with Crippen LogP contribution in [0, 0.1) is 19.8 Å². The van der Waals surface area contributed by atoms with E-state index in [2.05, 4.69) is 38.1 Å². The Balaban J connectivity index is 0.000000166. The molecule has 5 aromatic rings. The fourth-order valence-corrected chi connectivity index (χ4v) is 5.06. The second kappa shape index (κ2) is 12.0. The Kier molecular flexibility index (Phi) is 8.26. The van der Waals surface area contributed by atoms with Gasteiger partial charge in [-0.2, -0.15) is 0 Å². The largest absolute Gasteiger partial charge is 0.507 e. The van der Waals surface area contributed by atoms with E-state index in [1.54, 1.807) is 13.0 Å². The summed E-state index contributed by atoms with van der Waals surface area (Å²) >= 11 is 5.41. The molecule has 0 amide bonds. The van der Waals surface area contributed by atoms with Crippen molar-refractivity contribution in [3.05, 3.63) is 106 Å². The summed E-state index contributed by atoms with van der Waals surface area (Å²) in [6, 6.07) is 25.5. The molecule has 0 saturated heterocycles. The normalized spacial score (nSPS) is 14.3. The van der Waals surface area contributed by atoms with Crippen LogP contribution in [0.3, 0.4) is 0 Å². The van der Waals surface area contributed by atoms with Crippen molar-refractivity contribution in [1.82, 2.24) is 0 Å². The summed E-state index contributed by atoms with van der Waals surface area (Å²) in [6.07, 6.45) is 1.65. The van der Waals surface area contributed by atoms with Crippen molar-refractivity contribution in [2.75, 3.05) is 18.6 Å². The third-order valence-electron chi connectivity index (χ3n) is 7.18. The molecule has 41 heavy (non-hydrogen) atoms. The molecular formula is C34H33NO5S. The zero-order valence-electron chi connectivity index (χ0n) is 23.6. The van der Waals surface area contributed by atoms with E-state index in [9.17, 15) is 9.90 Å². The summed E-state index contributed by atoms with van der Waals surface area (Å²) in [5.41, 5.74) is 3.10. The number of fused-ring (bicyclic) bond motifs is 3. The van der Waals surface area contributed by atoms with Crippen molar-refractivity contribution in [3.8, 4) is 17.2 Å². The van der Waals surface area contributed by atoms with Gasteiger partial charge in [-0.25, -0.2) is 0 Å². The second-order valence-electron chi connectivity index (χ2n) is 10.5. The third-order valence-corrected chi connectivity index (χ3v) is 7.54. The molecule has 7 heteroatoms. The molecule has 1 N–H and O–H groups in total. The minimum Gasteiger partial charge on any atom is -0.507 e. The predicted molar refractivity (Wildman–Crippen MR) is 169 cm³/mol. The number of nitrogens with zero attached hydrogens (tertiary/aromatic N) is 1. The Morgan fingerprint density at radius 2 is 1.78 bits per heavy atom. The van der Waals surface area contributed by atoms with Gasteiger partial charge in [-0.3, -0.25) is 4.79 Å². The van der Waals surface area contributed by atoms with Gasteiger partial charge in [-0.15, -0.1) is 0 Å². The molecule has 0 aliphatic carbocycles. The molecule has 4 aromatic carbocycles. The molecule has 0 radical (unpaired) electrons. The van der Waals surface area contributed by atoms with E-state index in [0.29, 0.717) is 46.8 Å². The van der Waals surface area contributed by atoms with Crippen molar-refractivity contribution < 1.29 is 19.0 Å². The van der Waals surface area contributed by atoms with Crippen LogP contribution < -0.4 is 19.8 Å². The lowest BCUT2D eigenvalue weighted by atomic mass is 10.00. The third kappa shape index (κ3) is 6.36. The molecule has 0 bridgehead atoms. The van der Waals surface area contributed by atoms with E-state index in [4.69, 9.17) is 26.1 Å². The zero-order chi connectivity index (χ0) is 29.1. The molecule has 2 heterocycles. The van der Waals surface area contributed by atoms with Crippen molar-refractivity contribution in [1.29, 1.82) is 0 Å². The van der Waals surface area contributed by atoms with E-state index < -0.39 is 0 Å². The van der Waals surface area contributed by atoms with Crippen LogP contribution in [0.4, 0.5) is 5.69 Å². The van der Waals surface area contributed by atoms with Gasteiger partial charge in [0.05, 0.1) is 6.61 Å². The molecule has 0 spiro atoms. The lowest BCUT2D eigenvalue weighted by Crippen LogP contribution is -2.29. The average molecular weight is 568 g/mol. The molecule has 6 nitrogen and oxygen atoms in total. The summed E-state index contributed by atoms with van der Waals surface area (Å²) in [5.74, 6) is 2.35. The maximum Gasteiger partial charge on any atom is 0.269 e. The summed E-state index contributed by atoms with van der Waals surface area (Å²) < 4.78 is 17.1. The summed E-state index contributed by atoms with van der Waals surface area (Å²) in [7, 11) is 1.91. The first-order valence-corrected chi connectivity index (χ1v) is 14.0. The number of hydrogen-bond acceptors (Lipinski definition) is 6. The molecule has 0 fully saturated rings. The van der Waals surface area contributed by atoms with Gasteiger partial charge in [-0.1, -0.05) is 49.4 Å². The van der Waals surface area contributed by atoms with Crippen LogP contribution in [0.25, 0.3) is 21.7 Å². The van der Waals surface area contributed by atoms with Crippen LogP contribution in [0.5, 0.6) is 17.2 Å². The molecule has 1 aromatic heterocycles. The average Bonchev–Trinajstić information content (AvgIpc) is 3.14. The van der Waals surface area contributed by atoms with Crippen molar-refractivity contribution in [2.24, 2.45) is 5.92 Å². The van der Waals surface area contributed by atoms with Gasteiger partial charge in [0, 0.05) is 30.4 Å². The number of anilines is 1. The molecule has 1 atom stereocenters. The van der Waals surface area contributed by atoms with E-state index in [0.717, 1.165) is 23.2 Å². The Bertz CT molecular complexity index is 1790. The van der Waals surface area contributed by atoms with E-state index in [1.807, 2.05) is 54.4 Å². The van der Waals surface area contributed by atoms with Crippen LogP contribution in [-0.2, 0) is 6.42 Å². The quantitative estimate of drug-likeness (QED) is 0.219. The molecule has 0 saturated carbocycles. The summed E-state index contributed by atoms with van der Waals surface area (Å²) in [6.45, 7) is 6.50. The zero-order valence-corrected chi connectivity index (χ0v) is 24.5. The highest BCUT2D eigenvalue weighted by atomic mass is 32.1. The molecule has 1 unspecified atom stereocenters. The predicted octanol–water partition coefficient (Wildman–Crippen LogP) is 7.72. The molecule has 6 rings (SSSR count). The Labute approximate surface area is 244 Å². The Morgan fingerprint density at radius 1 is 1.00 bits per heavy atom. The van der Waals surface area contributed by atoms with Gasteiger partial charge in [0.25, 0.3) is 5.17 Å². The SMILES string of the molecule is Cc1cc(=O)c2c(O)c3c(cc2o1)OCC(C)CC3.Cc1cccc(N(C)C(=S)Oc2ccc3ccccc3c2)c1. The number of benzene rings is 4. The van der Waals surface area contributed by atoms with Crippen LogP contribution >= 0.6 is 12.2 Å². The molecule has 210 valence electrons. The van der Waals surface area contributed by atoms with Crippen molar-refractivity contribution in [2.45, 2.75) is 33.6 Å². The first-order valence-electron chi connectivity index (χ1n) is 13.6. The van der Waals surface area contributed by atoms with Gasteiger partial charge < -0.3 is 23.9 Å². The van der Waals surface area contributed by atoms with Gasteiger partial charge >= 0.3 is 0 Å². The highest BCUT2D eigenvalue weighted by Crippen LogP contribution is 2.38. The minimum atomic E-state index is -0.212. The van der Waals surface area contributed by atoms with Gasteiger partial charge in [0.2, 0.25) is 0 Å². The van der Waals surface area contributed by atoms with E-state index in [1.165, 1.54) is 17.0 Å². The van der Waals surface area contributed by atoms with Crippen molar-refractivity contribution in [3.63, 3.8) is 0 Å². The minimum absolute atomic E-state index is 0.00958. The Morgan fingerprint density at radius 3 is 2.56 bits per heavy atom. The lowest BCUT2D eigenvalue weighted by molar-refractivity contribution is 0.265. The Hall–Kier alpha value is -4.36. The molecular weight excluding hydrogens is 534 g/mol. The maximum atomic E-state index is 12.0. The molecule has 1 aliphatic rings. The molecule has 1 aliphatic heterocycles. The van der Waals surface area contributed by atoms with Gasteiger partial charge in [0.1, 0.15) is 34.0 Å². The van der Waals surface area contributed by atoms with Gasteiger partial charge in [-0.05, 0) is 85.4 Å². The maximum absolute atomic E-state index is 12.0. The fourth-order valence-electron chi connectivity index (χ4n) is 4.86. The number of rotatable bonds is 2. The van der Waals surface area contributed by atoms with E-state index in [-0.39, 0.29) is 16.6 Å². The van der Waals surface area contributed by atoms with Crippen LogP contribution in [0.1, 0.15) is 30.2 Å². The number of ether oxygens (including phenoxy) is 2. The van der Waals surface area contributed by atoms with Gasteiger partial charge in [0.15, 0.2) is 5.43 Å². The number of thiocarbonyl (C=S) groups is 1. The highest BCUT2D eigenvalue weighted by molar-refractivity contribution is 7.80. The highest BCUT2D eigenvalue weighted by Gasteiger charge is 2.21. The lowest BCUT2D eigenvalue weighted by Gasteiger charge is -2.20. The summed E-state index contributed by atoms with van der Waals surface area (Å²) in [5, 5.41) is 13.3. The number of phenolic OH excluding ortho intramolecular Hbond substituents is 1. The first kappa shape index (κ1) is 28.2. The topological polar surface area (TPSA) is 72.1 Å². The van der Waals surface area contributed by atoms with Crippen LogP contribution in [-0.4, -0.2) is 23.9 Å². The number of phenols is 1. The van der Waals surface area contributed by atoms with E-state index >= 15 is 0 Å². The number of aromatic hydroxyl groups is 1. The second-order valence-corrected chi connectivity index (χ2v) is 10.9. The standard InChI is InChI=1S/C19H17NOS.C15H16O4/c1-14-6-5-9-17(12-14)20(2)19(22)21-18-11-10-15-7-3-4-8-16(15)13-18;1-8-3-4-10-12(18-7-8)6-13-14(15(10)17)11(16)5-9(2)19-13/h3-13H,1-2H3;5-6,8,17H,3-4,7H2,1-2H3. The smallest absolute Gasteiger partial charge is 0.269 e. The summed E-state index contributed by atoms with van der Waals surface area (Å²) in [4.78, 5) is 13.9. The van der Waals surface area contributed by atoms with Crippen LogP contribution in [0.2, 0.25) is 0 Å². The fraction of sp³-hybridized carbons (Fsp3) is 0.235. The monoisotopic (exact) mass is 567 g/mol. The number of aryl methyl sites for hydroxylation is 2. The first-order chi connectivity index (χ1) is 19.7. The van der Waals surface area contributed by atoms with Crippen molar-refractivity contribution >= 4 is 44.8 Å².